The van der Waals surface area contributed by atoms with Crippen LogP contribution in [0.25, 0.3) is 0 Å². The van der Waals surface area contributed by atoms with Crippen LogP contribution in [0.2, 0.25) is 0 Å². The molecule has 0 spiro atoms. The summed E-state index contributed by atoms with van der Waals surface area (Å²) in [5.74, 6) is 1.42. The van der Waals surface area contributed by atoms with Crippen LogP contribution in [0.15, 0.2) is 78.9 Å². The molecular formula is C27H30N2O4. The second kappa shape index (κ2) is 11.9. The van der Waals surface area contributed by atoms with Gasteiger partial charge in [0.1, 0.15) is 18.1 Å². The van der Waals surface area contributed by atoms with Crippen LogP contribution in [-0.4, -0.2) is 38.4 Å². The molecule has 3 aromatic carbocycles. The minimum atomic E-state index is -0.126. The van der Waals surface area contributed by atoms with Crippen LogP contribution in [0, 0.1) is 0 Å². The van der Waals surface area contributed by atoms with Crippen molar-refractivity contribution >= 4 is 17.3 Å². The van der Waals surface area contributed by atoms with Crippen LogP contribution in [0.5, 0.6) is 11.5 Å². The zero-order valence-corrected chi connectivity index (χ0v) is 18.7. The second-order valence-corrected chi connectivity index (χ2v) is 7.98. The Morgan fingerprint density at radius 2 is 1.76 bits per heavy atom. The number of rotatable bonds is 11. The summed E-state index contributed by atoms with van der Waals surface area (Å²) in [6, 6.07) is 25.3. The van der Waals surface area contributed by atoms with Crippen LogP contribution >= 0.6 is 0 Å². The Morgan fingerprint density at radius 3 is 2.55 bits per heavy atom. The molecule has 3 aromatic rings. The zero-order chi connectivity index (χ0) is 22.7. The topological polar surface area (TPSA) is 68.8 Å². The molecule has 0 aliphatic carbocycles. The summed E-state index contributed by atoms with van der Waals surface area (Å²) in [5.41, 5.74) is 2.80. The molecule has 4 rings (SSSR count). The molecule has 1 aliphatic heterocycles. The highest BCUT2D eigenvalue weighted by molar-refractivity contribution is 5.93. The van der Waals surface area contributed by atoms with E-state index in [0.29, 0.717) is 13.2 Å². The number of ether oxygens (including phenoxy) is 3. The Hall–Kier alpha value is -3.51. The monoisotopic (exact) mass is 446 g/mol. The molecule has 0 saturated carbocycles. The minimum absolute atomic E-state index is 0.126. The first kappa shape index (κ1) is 22.7. The van der Waals surface area contributed by atoms with Crippen LogP contribution in [0.4, 0.5) is 11.4 Å². The van der Waals surface area contributed by atoms with Gasteiger partial charge in [-0.2, -0.15) is 0 Å². The smallest absolute Gasteiger partial charge is 0.243 e. The van der Waals surface area contributed by atoms with Gasteiger partial charge in [-0.1, -0.05) is 36.4 Å². The molecule has 2 N–H and O–H groups in total. The lowest BCUT2D eigenvalue weighted by molar-refractivity contribution is -0.114. The molecule has 1 amide bonds. The predicted octanol–water partition coefficient (Wildman–Crippen LogP) is 4.92. The Morgan fingerprint density at radius 1 is 0.909 bits per heavy atom. The normalized spacial score (nSPS) is 15.1. The molecular weight excluding hydrogens is 416 g/mol. The summed E-state index contributed by atoms with van der Waals surface area (Å²) in [6.07, 6.45) is 3.17. The van der Waals surface area contributed by atoms with Crippen molar-refractivity contribution in [2.24, 2.45) is 0 Å². The molecule has 33 heavy (non-hydrogen) atoms. The first-order valence-electron chi connectivity index (χ1n) is 11.4. The Kier molecular flexibility index (Phi) is 8.19. The molecule has 1 saturated heterocycles. The maximum Gasteiger partial charge on any atom is 0.243 e. The highest BCUT2D eigenvalue weighted by Crippen LogP contribution is 2.19. The average molecular weight is 447 g/mol. The third kappa shape index (κ3) is 7.54. The van der Waals surface area contributed by atoms with Gasteiger partial charge < -0.3 is 24.8 Å². The van der Waals surface area contributed by atoms with Crippen molar-refractivity contribution < 1.29 is 19.0 Å². The number of hydrogen-bond donors (Lipinski definition) is 2. The first-order chi connectivity index (χ1) is 16.2. The van der Waals surface area contributed by atoms with E-state index in [4.69, 9.17) is 14.2 Å². The number of amides is 1. The highest BCUT2D eigenvalue weighted by atomic mass is 16.5. The van der Waals surface area contributed by atoms with Gasteiger partial charge in [0.05, 0.1) is 19.3 Å². The Balaban J connectivity index is 1.18. The van der Waals surface area contributed by atoms with Gasteiger partial charge in [0.25, 0.3) is 0 Å². The quantitative estimate of drug-likeness (QED) is 0.438. The number of nitrogens with one attached hydrogen (secondary N) is 2. The lowest BCUT2D eigenvalue weighted by atomic mass is 10.2. The van der Waals surface area contributed by atoms with Gasteiger partial charge in [0.15, 0.2) is 0 Å². The van der Waals surface area contributed by atoms with E-state index in [2.05, 4.69) is 22.8 Å². The summed E-state index contributed by atoms with van der Waals surface area (Å²) in [4.78, 5) is 12.3. The van der Waals surface area contributed by atoms with Crippen LogP contribution < -0.4 is 20.1 Å². The van der Waals surface area contributed by atoms with E-state index in [1.807, 2.05) is 66.7 Å². The maximum atomic E-state index is 12.3. The van der Waals surface area contributed by atoms with Crippen LogP contribution in [0.1, 0.15) is 18.4 Å². The summed E-state index contributed by atoms with van der Waals surface area (Å²) >= 11 is 0. The molecule has 1 fully saturated rings. The molecule has 0 aromatic heterocycles. The summed E-state index contributed by atoms with van der Waals surface area (Å²) in [6.45, 7) is 2.13. The van der Waals surface area contributed by atoms with E-state index in [1.165, 1.54) is 5.56 Å². The van der Waals surface area contributed by atoms with E-state index in [1.54, 1.807) is 0 Å². The Bertz CT molecular complexity index is 1000. The lowest BCUT2D eigenvalue weighted by Gasteiger charge is -2.12. The molecule has 172 valence electrons. The highest BCUT2D eigenvalue weighted by Gasteiger charge is 2.15. The predicted molar refractivity (Wildman–Crippen MR) is 130 cm³/mol. The van der Waals surface area contributed by atoms with E-state index in [0.717, 1.165) is 48.7 Å². The molecule has 0 radical (unpaired) electrons. The minimum Gasteiger partial charge on any atom is -0.493 e. The zero-order valence-electron chi connectivity index (χ0n) is 18.7. The number of anilines is 2. The number of hydrogen-bond acceptors (Lipinski definition) is 5. The molecule has 1 unspecified atom stereocenters. The van der Waals surface area contributed by atoms with Crippen molar-refractivity contribution in [1.82, 2.24) is 0 Å². The van der Waals surface area contributed by atoms with Crippen molar-refractivity contribution in [3.05, 3.63) is 84.4 Å². The third-order valence-electron chi connectivity index (χ3n) is 5.39. The van der Waals surface area contributed by atoms with Gasteiger partial charge in [0.2, 0.25) is 5.91 Å². The summed E-state index contributed by atoms with van der Waals surface area (Å²) in [5, 5.41) is 6.04. The maximum absolute atomic E-state index is 12.3. The van der Waals surface area contributed by atoms with E-state index in [9.17, 15) is 4.79 Å². The number of carbonyl (C=O) groups excluding carboxylic acids is 1. The second-order valence-electron chi connectivity index (χ2n) is 7.98. The van der Waals surface area contributed by atoms with Gasteiger partial charge in [-0.15, -0.1) is 0 Å². The fourth-order valence-electron chi connectivity index (χ4n) is 3.61. The fraction of sp³-hybridized carbons (Fsp3) is 0.296. The van der Waals surface area contributed by atoms with E-state index >= 15 is 0 Å². The largest absolute Gasteiger partial charge is 0.493 e. The van der Waals surface area contributed by atoms with Crippen molar-refractivity contribution in [2.45, 2.75) is 25.4 Å². The molecule has 6 nitrogen and oxygen atoms in total. The van der Waals surface area contributed by atoms with Crippen LogP contribution in [-0.2, 0) is 16.0 Å². The van der Waals surface area contributed by atoms with Crippen molar-refractivity contribution in [1.29, 1.82) is 0 Å². The fourth-order valence-corrected chi connectivity index (χ4v) is 3.61. The van der Waals surface area contributed by atoms with Gasteiger partial charge in [-0.25, -0.2) is 0 Å². The molecule has 6 heteroatoms. The molecule has 1 aliphatic rings. The molecule has 1 heterocycles. The molecule has 1 atom stereocenters. The van der Waals surface area contributed by atoms with Crippen molar-refractivity contribution in [3.8, 4) is 11.5 Å². The summed E-state index contributed by atoms with van der Waals surface area (Å²) < 4.78 is 17.2. The van der Waals surface area contributed by atoms with E-state index in [-0.39, 0.29) is 18.6 Å². The van der Waals surface area contributed by atoms with E-state index < -0.39 is 0 Å². The average Bonchev–Trinajstić information content (AvgIpc) is 3.37. The number of carbonyl (C=O) groups is 1. The SMILES string of the molecule is O=C(CNc1cccc(OCCc2ccccc2)c1)Nc1ccc(OCC2CCCO2)cc1. The third-order valence-corrected chi connectivity index (χ3v) is 5.39. The van der Waals surface area contributed by atoms with Gasteiger partial charge >= 0.3 is 0 Å². The first-order valence-corrected chi connectivity index (χ1v) is 11.4. The van der Waals surface area contributed by atoms with Gasteiger partial charge in [0, 0.05) is 30.5 Å². The van der Waals surface area contributed by atoms with Crippen molar-refractivity contribution in [3.63, 3.8) is 0 Å². The standard InChI is InChI=1S/C27H30N2O4/c30-27(29-22-11-13-24(14-12-22)33-20-26-10-5-16-31-26)19-28-23-8-4-9-25(18-23)32-17-15-21-6-2-1-3-7-21/h1-4,6-9,11-14,18,26,28H,5,10,15-17,19-20H2,(H,29,30). The van der Waals surface area contributed by atoms with Crippen molar-refractivity contribution in [2.75, 3.05) is 37.0 Å². The lowest BCUT2D eigenvalue weighted by Crippen LogP contribution is -2.21. The Labute approximate surface area is 194 Å². The summed E-state index contributed by atoms with van der Waals surface area (Å²) in [7, 11) is 0. The molecule has 0 bridgehead atoms. The van der Waals surface area contributed by atoms with Crippen LogP contribution in [0.3, 0.4) is 0 Å². The van der Waals surface area contributed by atoms with Gasteiger partial charge in [-0.3, -0.25) is 4.79 Å². The number of benzene rings is 3. The van der Waals surface area contributed by atoms with Gasteiger partial charge in [-0.05, 0) is 54.8 Å².